The first-order valence-electron chi connectivity index (χ1n) is 5.90. The average Bonchev–Trinajstić information content (AvgIpc) is 2.28. The molecule has 1 heterocycles. The van der Waals surface area contributed by atoms with E-state index in [4.69, 9.17) is 10.8 Å². The molecule has 1 aromatic rings. The zero-order chi connectivity index (χ0) is 13.5. The predicted molar refractivity (Wildman–Crippen MR) is 70.6 cm³/mol. The zero-order valence-electron chi connectivity index (χ0n) is 10.6. The summed E-state index contributed by atoms with van der Waals surface area (Å²) in [6.45, 7) is 4.42. The minimum atomic E-state index is -0.951. The Morgan fingerprint density at radius 3 is 2.78 bits per heavy atom. The molecule has 5 N–H and O–H groups in total. The fourth-order valence-electron chi connectivity index (χ4n) is 1.31. The molecule has 0 radical (unpaired) electrons. The molecule has 0 aromatic carbocycles. The third-order valence-corrected chi connectivity index (χ3v) is 2.31. The van der Waals surface area contributed by atoms with Gasteiger partial charge in [-0.25, -0.2) is 0 Å². The number of aliphatic carboxylic acids is 1. The van der Waals surface area contributed by atoms with Crippen molar-refractivity contribution >= 4 is 23.6 Å². The minimum absolute atomic E-state index is 0.108. The number of nitrogens with one attached hydrogen (secondary N) is 2. The topological polar surface area (TPSA) is 113 Å². The molecule has 100 valence electrons. The van der Waals surface area contributed by atoms with Crippen LogP contribution < -0.4 is 16.4 Å². The van der Waals surface area contributed by atoms with Gasteiger partial charge in [-0.15, -0.1) is 0 Å². The van der Waals surface area contributed by atoms with E-state index in [0.717, 1.165) is 19.4 Å². The van der Waals surface area contributed by atoms with E-state index >= 15 is 0 Å². The van der Waals surface area contributed by atoms with Crippen molar-refractivity contribution in [1.29, 1.82) is 0 Å². The van der Waals surface area contributed by atoms with Crippen molar-refractivity contribution in [3.8, 4) is 0 Å². The van der Waals surface area contributed by atoms with Crippen LogP contribution in [0, 0.1) is 0 Å². The van der Waals surface area contributed by atoms with Crippen LogP contribution >= 0.6 is 0 Å². The number of anilines is 3. The molecule has 18 heavy (non-hydrogen) atoms. The lowest BCUT2D eigenvalue weighted by atomic mass is 10.3. The van der Waals surface area contributed by atoms with Gasteiger partial charge in [0.05, 0.1) is 0 Å². The van der Waals surface area contributed by atoms with Gasteiger partial charge in [-0.2, -0.15) is 9.97 Å². The number of carbonyl (C=O) groups is 1. The van der Waals surface area contributed by atoms with Gasteiger partial charge in [0.15, 0.2) is 0 Å². The van der Waals surface area contributed by atoms with Gasteiger partial charge in [0, 0.05) is 12.6 Å². The smallest absolute Gasteiger partial charge is 0.325 e. The Labute approximate surface area is 106 Å². The number of nitrogen functional groups attached to an aromatic ring is 1. The van der Waals surface area contributed by atoms with E-state index in [-0.39, 0.29) is 5.95 Å². The highest BCUT2D eigenvalue weighted by Crippen LogP contribution is 2.13. The van der Waals surface area contributed by atoms with Crippen LogP contribution in [0.25, 0.3) is 0 Å². The van der Waals surface area contributed by atoms with Crippen molar-refractivity contribution in [1.82, 2.24) is 9.97 Å². The second-order valence-electron chi connectivity index (χ2n) is 3.98. The summed E-state index contributed by atoms with van der Waals surface area (Å²) in [5.74, 6) is 0.150. The van der Waals surface area contributed by atoms with E-state index in [0.29, 0.717) is 11.6 Å². The van der Waals surface area contributed by atoms with Crippen molar-refractivity contribution in [3.63, 3.8) is 0 Å². The van der Waals surface area contributed by atoms with Crippen LogP contribution in [-0.4, -0.2) is 33.6 Å². The number of aromatic nitrogens is 2. The summed E-state index contributed by atoms with van der Waals surface area (Å²) in [5.41, 5.74) is 5.57. The number of nitrogens with zero attached hydrogens (tertiary/aromatic N) is 2. The molecule has 0 spiro atoms. The number of unbranched alkanes of at least 4 members (excludes halogenated alkanes) is 1. The maximum absolute atomic E-state index is 10.7. The van der Waals surface area contributed by atoms with Gasteiger partial charge in [-0.05, 0) is 13.3 Å². The lowest BCUT2D eigenvalue weighted by molar-refractivity contribution is -0.137. The van der Waals surface area contributed by atoms with Gasteiger partial charge >= 0.3 is 5.97 Å². The van der Waals surface area contributed by atoms with Crippen LogP contribution in [0.4, 0.5) is 17.6 Å². The van der Waals surface area contributed by atoms with Gasteiger partial charge in [-0.3, -0.25) is 4.79 Å². The third kappa shape index (κ3) is 4.44. The Kier molecular flexibility index (Phi) is 5.16. The summed E-state index contributed by atoms with van der Waals surface area (Å²) < 4.78 is 0. The minimum Gasteiger partial charge on any atom is -0.480 e. The lowest BCUT2D eigenvalue weighted by Gasteiger charge is -2.12. The molecule has 1 aromatic heterocycles. The fourth-order valence-corrected chi connectivity index (χ4v) is 1.31. The normalized spacial score (nSPS) is 11.9. The van der Waals surface area contributed by atoms with Crippen molar-refractivity contribution in [2.75, 3.05) is 22.9 Å². The number of rotatable bonds is 7. The second kappa shape index (κ2) is 6.63. The molecule has 7 nitrogen and oxygen atoms in total. The quantitative estimate of drug-likeness (QED) is 0.539. The molecule has 0 aliphatic heterocycles. The van der Waals surface area contributed by atoms with Gasteiger partial charge in [0.1, 0.15) is 17.7 Å². The van der Waals surface area contributed by atoms with E-state index in [1.165, 1.54) is 6.92 Å². The summed E-state index contributed by atoms with van der Waals surface area (Å²) in [6, 6.07) is 0.911. The lowest BCUT2D eigenvalue weighted by Crippen LogP contribution is -2.26. The molecule has 0 saturated heterocycles. The molecule has 7 heteroatoms. The fraction of sp³-hybridized carbons (Fsp3) is 0.545. The van der Waals surface area contributed by atoms with Crippen molar-refractivity contribution < 1.29 is 9.90 Å². The molecular formula is C11H19N5O2. The maximum Gasteiger partial charge on any atom is 0.325 e. The first-order chi connectivity index (χ1) is 8.52. The summed E-state index contributed by atoms with van der Waals surface area (Å²) in [7, 11) is 0. The van der Waals surface area contributed by atoms with Crippen molar-refractivity contribution in [3.05, 3.63) is 6.07 Å². The Bertz CT molecular complexity index is 410. The van der Waals surface area contributed by atoms with E-state index in [1.807, 2.05) is 0 Å². The van der Waals surface area contributed by atoms with Crippen molar-refractivity contribution in [2.45, 2.75) is 32.7 Å². The van der Waals surface area contributed by atoms with Crippen LogP contribution in [0.15, 0.2) is 6.07 Å². The molecule has 1 atom stereocenters. The number of carboxylic acid groups (broad SMARTS) is 1. The highest BCUT2D eigenvalue weighted by Gasteiger charge is 2.12. The monoisotopic (exact) mass is 253 g/mol. The molecule has 1 rings (SSSR count). The molecule has 0 bridgehead atoms. The number of hydrogen-bond donors (Lipinski definition) is 4. The summed E-state index contributed by atoms with van der Waals surface area (Å²) in [5, 5.41) is 14.7. The Balaban J connectivity index is 2.71. The first kappa shape index (κ1) is 14.0. The Hall–Kier alpha value is -2.05. The molecule has 0 aliphatic carbocycles. The maximum atomic E-state index is 10.7. The summed E-state index contributed by atoms with van der Waals surface area (Å²) in [6.07, 6.45) is 2.10. The summed E-state index contributed by atoms with van der Waals surface area (Å²) in [4.78, 5) is 18.7. The SMILES string of the molecule is CCCCNc1cc(N[C@H](C)C(=O)O)nc(N)n1. The van der Waals surface area contributed by atoms with E-state index < -0.39 is 12.0 Å². The van der Waals surface area contributed by atoms with Gasteiger partial charge < -0.3 is 21.5 Å². The first-order valence-corrected chi connectivity index (χ1v) is 5.90. The highest BCUT2D eigenvalue weighted by molar-refractivity contribution is 5.76. The van der Waals surface area contributed by atoms with Crippen LogP contribution in [0.5, 0.6) is 0 Å². The van der Waals surface area contributed by atoms with Crippen LogP contribution in [-0.2, 0) is 4.79 Å². The molecule has 0 unspecified atom stereocenters. The second-order valence-corrected chi connectivity index (χ2v) is 3.98. The predicted octanol–water partition coefficient (Wildman–Crippen LogP) is 1.16. The summed E-state index contributed by atoms with van der Waals surface area (Å²) >= 11 is 0. The number of nitrogens with two attached hydrogens (primary N) is 1. The average molecular weight is 253 g/mol. The molecule has 0 fully saturated rings. The largest absolute Gasteiger partial charge is 0.480 e. The highest BCUT2D eigenvalue weighted by atomic mass is 16.4. The molecule has 0 aliphatic rings. The number of hydrogen-bond acceptors (Lipinski definition) is 6. The van der Waals surface area contributed by atoms with Crippen LogP contribution in [0.1, 0.15) is 26.7 Å². The van der Waals surface area contributed by atoms with E-state index in [9.17, 15) is 4.79 Å². The molecular weight excluding hydrogens is 234 g/mol. The van der Waals surface area contributed by atoms with E-state index in [2.05, 4.69) is 27.5 Å². The number of carboxylic acids is 1. The van der Waals surface area contributed by atoms with Gasteiger partial charge in [-0.1, -0.05) is 13.3 Å². The van der Waals surface area contributed by atoms with Crippen LogP contribution in [0.3, 0.4) is 0 Å². The molecule has 0 amide bonds. The molecule has 0 saturated carbocycles. The zero-order valence-corrected chi connectivity index (χ0v) is 10.6. The standard InChI is InChI=1S/C11H19N5O2/c1-3-4-5-13-8-6-9(16-11(12)15-8)14-7(2)10(17)18/h6-7H,3-5H2,1-2H3,(H,17,18)(H4,12,13,14,15,16)/t7-/m1/s1. The van der Waals surface area contributed by atoms with E-state index in [1.54, 1.807) is 6.07 Å². The Morgan fingerprint density at radius 2 is 2.17 bits per heavy atom. The van der Waals surface area contributed by atoms with Gasteiger partial charge in [0.2, 0.25) is 5.95 Å². The van der Waals surface area contributed by atoms with Crippen LogP contribution in [0.2, 0.25) is 0 Å². The third-order valence-electron chi connectivity index (χ3n) is 2.31. The van der Waals surface area contributed by atoms with Gasteiger partial charge in [0.25, 0.3) is 0 Å². The van der Waals surface area contributed by atoms with Crippen molar-refractivity contribution in [2.24, 2.45) is 0 Å². The Morgan fingerprint density at radius 1 is 1.50 bits per heavy atom.